The van der Waals surface area contributed by atoms with E-state index in [1.165, 1.54) is 12.1 Å². The molecule has 2 aliphatic heterocycles. The molecule has 0 bridgehead atoms. The number of nitro groups is 1. The van der Waals surface area contributed by atoms with Crippen molar-refractivity contribution >= 4 is 17.5 Å². The third kappa shape index (κ3) is 10.6. The molecule has 0 radical (unpaired) electrons. The van der Waals surface area contributed by atoms with Crippen LogP contribution in [0.5, 0.6) is 28.7 Å². The minimum atomic E-state index is -1.56. The van der Waals surface area contributed by atoms with Gasteiger partial charge in [0.2, 0.25) is 12.6 Å². The highest BCUT2D eigenvalue weighted by atomic mass is 16.7. The van der Waals surface area contributed by atoms with Crippen LogP contribution in [0.2, 0.25) is 0 Å². The fraction of sp³-hybridized carbons (Fsp3) is 0.480. The van der Waals surface area contributed by atoms with E-state index in [0.717, 1.165) is 42.4 Å². The van der Waals surface area contributed by atoms with Crippen LogP contribution in [-0.4, -0.2) is 82.5 Å². The Morgan fingerprint density at radius 3 is 2.46 bits per heavy atom. The molecule has 7 rings (SSSR count). The van der Waals surface area contributed by atoms with Crippen molar-refractivity contribution in [3.8, 4) is 28.7 Å². The van der Waals surface area contributed by atoms with Crippen LogP contribution in [0.25, 0.3) is 0 Å². The first kappa shape index (κ1) is 47.1. The van der Waals surface area contributed by atoms with Gasteiger partial charge in [-0.2, -0.15) is 0 Å². The lowest BCUT2D eigenvalue weighted by molar-refractivity contribution is -0.384. The Kier molecular flexibility index (Phi) is 15.2. The highest BCUT2D eigenvalue weighted by molar-refractivity contribution is 6.03. The van der Waals surface area contributed by atoms with Crippen LogP contribution < -0.4 is 18.9 Å². The number of oxime groups is 1. The SMILES string of the molecule is C=CCCOC(=O)N(Cc1ccc2c(c1)OCO2)[C@H]1CC(=NOC(C)(C)C)C2=C[C@H](CCCCO)[C@@H](CCCCO)[C@@H]3c4cc(Oc5cccc([N+](=O)[O-])c5)ccc4O[C@@]1(OCC=C)[C@H]23. The van der Waals surface area contributed by atoms with Crippen molar-refractivity contribution in [3.05, 3.63) is 119 Å². The monoisotopic (exact) mass is 895 g/mol. The third-order valence-electron chi connectivity index (χ3n) is 12.3. The average Bonchev–Trinajstić information content (AvgIpc) is 3.76. The summed E-state index contributed by atoms with van der Waals surface area (Å²) in [6.45, 7) is 14.1. The molecule has 15 nitrogen and oxygen atoms in total. The lowest BCUT2D eigenvalue weighted by Gasteiger charge is -2.60. The van der Waals surface area contributed by atoms with Gasteiger partial charge in [-0.25, -0.2) is 4.79 Å². The number of fused-ring (bicyclic) bond motifs is 3. The van der Waals surface area contributed by atoms with Crippen molar-refractivity contribution < 1.29 is 53.2 Å². The summed E-state index contributed by atoms with van der Waals surface area (Å²) in [4.78, 5) is 33.9. The van der Waals surface area contributed by atoms with Gasteiger partial charge in [0.25, 0.3) is 5.69 Å². The standard InChI is InChI=1S/C50H61N3O12/c1-6-8-25-59-48(56)52(31-33-18-20-43-44(26-33)61-32-60-43)45-30-41(51-65-49(3,4)5)39-27-34(14-9-11-22-54)38(17-10-12-23-55)46-40-29-37(63-36-16-13-15-35(28-36)53(57)58)19-21-42(40)64-50(45,47(39)46)62-24-7-2/h6-7,13,15-16,18-21,26-29,34,38,45-47,54-55H,1-2,8-12,14,17,22-25,30-32H2,3-5H3/t34-,38+,45-,46+,47+,50+/m0/s1. The Morgan fingerprint density at radius 1 is 0.969 bits per heavy atom. The second-order valence-corrected chi connectivity index (χ2v) is 17.8. The molecule has 15 heteroatoms. The molecule has 348 valence electrons. The molecular weight excluding hydrogens is 835 g/mol. The lowest BCUT2D eigenvalue weighted by atomic mass is 9.55. The molecule has 4 aliphatic rings. The zero-order valence-corrected chi connectivity index (χ0v) is 37.5. The molecule has 1 fully saturated rings. The van der Waals surface area contributed by atoms with Gasteiger partial charge in [-0.15, -0.1) is 13.2 Å². The van der Waals surface area contributed by atoms with Crippen LogP contribution in [0.3, 0.4) is 0 Å². The first-order valence-electron chi connectivity index (χ1n) is 22.5. The Hall–Kier alpha value is -5.90. The zero-order valence-electron chi connectivity index (χ0n) is 37.5. The number of nitrogens with zero attached hydrogens (tertiary/aromatic N) is 3. The quantitative estimate of drug-likeness (QED) is 0.0448. The van der Waals surface area contributed by atoms with E-state index in [1.54, 1.807) is 35.3 Å². The fourth-order valence-corrected chi connectivity index (χ4v) is 9.55. The molecule has 3 aromatic rings. The predicted molar refractivity (Wildman–Crippen MR) is 243 cm³/mol. The average molecular weight is 896 g/mol. The van der Waals surface area contributed by atoms with Gasteiger partial charge in [0.1, 0.15) is 28.9 Å². The van der Waals surface area contributed by atoms with Crippen LogP contribution in [0, 0.1) is 27.9 Å². The minimum absolute atomic E-state index is 0.00844. The number of non-ortho nitro benzene ring substituents is 1. The number of hydrogen-bond donors (Lipinski definition) is 2. The molecule has 3 aromatic carbocycles. The van der Waals surface area contributed by atoms with Gasteiger partial charge in [-0.1, -0.05) is 48.4 Å². The summed E-state index contributed by atoms with van der Waals surface area (Å²) in [7, 11) is 0. The van der Waals surface area contributed by atoms with Gasteiger partial charge in [0.15, 0.2) is 11.5 Å². The molecule has 2 N–H and O–H groups in total. The van der Waals surface area contributed by atoms with Crippen LogP contribution in [0.4, 0.5) is 10.5 Å². The van der Waals surface area contributed by atoms with Crippen molar-refractivity contribution in [1.82, 2.24) is 4.90 Å². The van der Waals surface area contributed by atoms with Gasteiger partial charge in [0, 0.05) is 43.7 Å². The molecule has 1 amide bonds. The van der Waals surface area contributed by atoms with Crippen LogP contribution in [0.1, 0.15) is 89.2 Å². The van der Waals surface area contributed by atoms with E-state index in [4.69, 9.17) is 38.4 Å². The summed E-state index contributed by atoms with van der Waals surface area (Å²) < 4.78 is 38.2. The van der Waals surface area contributed by atoms with Crippen LogP contribution in [-0.2, 0) is 20.9 Å². The van der Waals surface area contributed by atoms with E-state index < -0.39 is 34.4 Å². The van der Waals surface area contributed by atoms with Gasteiger partial charge in [-0.05, 0) is 112 Å². The van der Waals surface area contributed by atoms with E-state index >= 15 is 0 Å². The number of benzene rings is 3. The maximum Gasteiger partial charge on any atom is 0.410 e. The number of amides is 1. The maximum absolute atomic E-state index is 14.8. The summed E-state index contributed by atoms with van der Waals surface area (Å²) in [5.74, 6) is -0.137. The summed E-state index contributed by atoms with van der Waals surface area (Å²) >= 11 is 0. The van der Waals surface area contributed by atoms with Crippen LogP contribution >= 0.6 is 0 Å². The molecule has 2 heterocycles. The Balaban J connectivity index is 1.46. The third-order valence-corrected chi connectivity index (χ3v) is 12.3. The predicted octanol–water partition coefficient (Wildman–Crippen LogP) is 9.76. The fourth-order valence-electron chi connectivity index (χ4n) is 9.55. The number of allylic oxidation sites excluding steroid dienone is 1. The Labute approximate surface area is 380 Å². The van der Waals surface area contributed by atoms with Gasteiger partial charge in [-0.3, -0.25) is 15.0 Å². The van der Waals surface area contributed by atoms with Crippen molar-refractivity contribution in [2.24, 2.45) is 22.9 Å². The Bertz CT molecular complexity index is 2250. The second kappa shape index (κ2) is 20.9. The van der Waals surface area contributed by atoms with Crippen molar-refractivity contribution in [3.63, 3.8) is 0 Å². The largest absolute Gasteiger partial charge is 0.459 e. The molecule has 0 spiro atoms. The highest BCUT2D eigenvalue weighted by Gasteiger charge is 2.66. The summed E-state index contributed by atoms with van der Waals surface area (Å²) in [5, 5.41) is 36.6. The van der Waals surface area contributed by atoms with E-state index in [9.17, 15) is 25.1 Å². The molecule has 6 atom stereocenters. The molecular formula is C50H61N3O12. The first-order valence-corrected chi connectivity index (χ1v) is 22.5. The van der Waals surface area contributed by atoms with E-state index in [-0.39, 0.29) is 69.6 Å². The number of carbonyl (C=O) groups is 1. The van der Waals surface area contributed by atoms with Crippen molar-refractivity contribution in [2.45, 2.75) is 102 Å². The number of nitro benzene ring substituents is 1. The number of aliphatic hydroxyl groups excluding tert-OH is 2. The molecule has 65 heavy (non-hydrogen) atoms. The highest BCUT2D eigenvalue weighted by Crippen LogP contribution is 2.62. The molecule has 0 aromatic heterocycles. The molecule has 1 saturated carbocycles. The van der Waals surface area contributed by atoms with E-state index in [1.807, 2.05) is 51.1 Å². The number of aliphatic hydroxyl groups is 2. The van der Waals surface area contributed by atoms with Crippen molar-refractivity contribution in [1.29, 1.82) is 0 Å². The smallest absolute Gasteiger partial charge is 0.410 e. The number of unbranched alkanes of at least 4 members (excludes halogenated alkanes) is 2. The normalized spacial score (nSPS) is 23.3. The number of ether oxygens (including phenoxy) is 6. The number of rotatable bonds is 21. The summed E-state index contributed by atoms with van der Waals surface area (Å²) in [6, 6.07) is 16.2. The second-order valence-electron chi connectivity index (χ2n) is 17.8. The van der Waals surface area contributed by atoms with E-state index in [0.29, 0.717) is 53.7 Å². The molecule has 0 unspecified atom stereocenters. The van der Waals surface area contributed by atoms with Gasteiger partial charge in [0.05, 0.1) is 35.8 Å². The maximum atomic E-state index is 14.8. The summed E-state index contributed by atoms with van der Waals surface area (Å²) in [5.41, 5.74) is 2.31. The zero-order chi connectivity index (χ0) is 46.1. The first-order chi connectivity index (χ1) is 31.4. The van der Waals surface area contributed by atoms with Gasteiger partial charge < -0.3 is 43.5 Å². The molecule has 0 saturated heterocycles. The Morgan fingerprint density at radius 2 is 1.72 bits per heavy atom. The minimum Gasteiger partial charge on any atom is -0.459 e. The topological polar surface area (TPSA) is 181 Å². The van der Waals surface area contributed by atoms with Gasteiger partial charge >= 0.3 is 6.09 Å². The lowest BCUT2D eigenvalue weighted by Crippen LogP contribution is -2.70. The molecule has 2 aliphatic carbocycles. The number of carbonyl (C=O) groups excluding carboxylic acids is 1. The van der Waals surface area contributed by atoms with E-state index in [2.05, 4.69) is 19.2 Å². The van der Waals surface area contributed by atoms with Crippen molar-refractivity contribution in [2.75, 3.05) is 33.2 Å². The van der Waals surface area contributed by atoms with Crippen LogP contribution in [0.15, 0.2) is 103 Å². The number of hydrogen-bond acceptors (Lipinski definition) is 13. The summed E-state index contributed by atoms with van der Waals surface area (Å²) in [6.07, 6.45) is 9.84.